The fourth-order valence-corrected chi connectivity index (χ4v) is 3.58. The van der Waals surface area contributed by atoms with Crippen LogP contribution >= 0.6 is 0 Å². The summed E-state index contributed by atoms with van der Waals surface area (Å²) in [6.07, 6.45) is -2.28. The van der Waals surface area contributed by atoms with Crippen molar-refractivity contribution in [3.63, 3.8) is 0 Å². The van der Waals surface area contributed by atoms with Gasteiger partial charge in [-0.3, -0.25) is 4.79 Å². The maximum absolute atomic E-state index is 13.2. The Morgan fingerprint density at radius 3 is 2.47 bits per heavy atom. The Labute approximate surface area is 172 Å². The number of aromatic hydroxyl groups is 1. The number of fused-ring (bicyclic) bond motifs is 3. The van der Waals surface area contributed by atoms with E-state index in [1.165, 1.54) is 24.3 Å². The normalized spacial score (nSPS) is 14.2. The van der Waals surface area contributed by atoms with Gasteiger partial charge in [0, 0.05) is 30.2 Å². The number of nitrogens with zero attached hydrogens (tertiary/aromatic N) is 1. The van der Waals surface area contributed by atoms with Gasteiger partial charge < -0.3 is 15.2 Å². The number of ether oxygens (including phenoxy) is 1. The summed E-state index contributed by atoms with van der Waals surface area (Å²) in [6, 6.07) is 3.66. The zero-order valence-electron chi connectivity index (χ0n) is 17.2. The SMILES string of the molecule is CNC(=O)C1=CCc2c3c(nc(C(F)(F)F)c21)OCC3.Cc1ccc(O)c(C)c1C. The van der Waals surface area contributed by atoms with Crippen LogP contribution in [0.1, 0.15) is 39.1 Å². The first-order valence-corrected chi connectivity index (χ1v) is 9.50. The van der Waals surface area contributed by atoms with Crippen molar-refractivity contribution in [2.45, 2.75) is 39.8 Å². The van der Waals surface area contributed by atoms with Gasteiger partial charge in [0.15, 0.2) is 5.69 Å². The summed E-state index contributed by atoms with van der Waals surface area (Å²) in [5, 5.41) is 11.6. The van der Waals surface area contributed by atoms with Crippen LogP contribution in [0.3, 0.4) is 0 Å². The van der Waals surface area contributed by atoms with Gasteiger partial charge in [0.05, 0.1) is 6.61 Å². The standard InChI is InChI=1S/C13H11F3N2O2.C9H12O/c1-17-11(19)8-3-2-6-7-4-5-20-12(7)18-10(9(6)8)13(14,15)16;1-6-4-5-9(10)8(3)7(6)2/h3H,2,4-5H2,1H3,(H,17,19);4-5,10H,1-3H3. The molecule has 1 aromatic heterocycles. The predicted octanol–water partition coefficient (Wildman–Crippen LogP) is 4.04. The number of carbonyl (C=O) groups excluding carboxylic acids is 1. The predicted molar refractivity (Wildman–Crippen MR) is 107 cm³/mol. The number of phenolic OH excluding ortho intramolecular Hbond substituents is 1. The number of hydrogen-bond acceptors (Lipinski definition) is 4. The molecule has 160 valence electrons. The summed E-state index contributed by atoms with van der Waals surface area (Å²) < 4.78 is 44.7. The van der Waals surface area contributed by atoms with E-state index < -0.39 is 17.8 Å². The summed E-state index contributed by atoms with van der Waals surface area (Å²) >= 11 is 0. The number of nitrogens with one attached hydrogen (secondary N) is 1. The summed E-state index contributed by atoms with van der Waals surface area (Å²) in [5.41, 5.74) is 3.50. The van der Waals surface area contributed by atoms with E-state index in [0.29, 0.717) is 36.3 Å². The Morgan fingerprint density at radius 1 is 1.17 bits per heavy atom. The Kier molecular flexibility index (Phi) is 5.78. The minimum absolute atomic E-state index is 0.0389. The van der Waals surface area contributed by atoms with Gasteiger partial charge in [-0.05, 0) is 55.5 Å². The number of rotatable bonds is 1. The molecule has 0 fully saturated rings. The fourth-order valence-electron chi connectivity index (χ4n) is 3.58. The minimum Gasteiger partial charge on any atom is -0.508 e. The number of amides is 1. The van der Waals surface area contributed by atoms with E-state index in [4.69, 9.17) is 4.74 Å². The number of allylic oxidation sites excluding steroid dienone is 1. The topological polar surface area (TPSA) is 71.5 Å². The van der Waals surface area contributed by atoms with Crippen LogP contribution in [0.25, 0.3) is 5.57 Å². The highest BCUT2D eigenvalue weighted by Crippen LogP contribution is 2.43. The Balaban J connectivity index is 0.000000216. The average molecular weight is 420 g/mol. The molecule has 1 aromatic carbocycles. The zero-order chi connectivity index (χ0) is 22.2. The monoisotopic (exact) mass is 420 g/mol. The lowest BCUT2D eigenvalue weighted by Crippen LogP contribution is -2.21. The largest absolute Gasteiger partial charge is 0.508 e. The molecule has 4 rings (SSSR count). The van der Waals surface area contributed by atoms with Crippen LogP contribution in [-0.4, -0.2) is 29.7 Å². The second-order valence-corrected chi connectivity index (χ2v) is 7.25. The van der Waals surface area contributed by atoms with Crippen LogP contribution in [-0.2, 0) is 23.8 Å². The highest BCUT2D eigenvalue weighted by molar-refractivity contribution is 6.21. The fraction of sp³-hybridized carbons (Fsp3) is 0.364. The van der Waals surface area contributed by atoms with Crippen LogP contribution in [0.2, 0.25) is 0 Å². The molecule has 0 spiro atoms. The molecular weight excluding hydrogens is 397 g/mol. The first-order chi connectivity index (χ1) is 14.1. The third kappa shape index (κ3) is 3.86. The van der Waals surface area contributed by atoms with Gasteiger partial charge in [0.2, 0.25) is 5.88 Å². The number of likely N-dealkylation sites (N-methyl/N-ethyl adjacent to an activating group) is 1. The number of carbonyl (C=O) groups is 1. The molecule has 8 heteroatoms. The Bertz CT molecular complexity index is 1020. The zero-order valence-corrected chi connectivity index (χ0v) is 17.2. The first kappa shape index (κ1) is 21.7. The molecule has 1 aliphatic heterocycles. The number of halogens is 3. The van der Waals surface area contributed by atoms with Crippen molar-refractivity contribution in [1.29, 1.82) is 0 Å². The lowest BCUT2D eigenvalue weighted by molar-refractivity contribution is -0.141. The van der Waals surface area contributed by atoms with Crippen LogP contribution < -0.4 is 10.1 Å². The van der Waals surface area contributed by atoms with Gasteiger partial charge >= 0.3 is 6.18 Å². The molecule has 2 N–H and O–H groups in total. The van der Waals surface area contributed by atoms with E-state index in [1.807, 2.05) is 26.8 Å². The molecule has 0 atom stereocenters. The molecule has 2 heterocycles. The van der Waals surface area contributed by atoms with Gasteiger partial charge in [0.1, 0.15) is 5.75 Å². The molecule has 30 heavy (non-hydrogen) atoms. The molecule has 2 aromatic rings. The maximum atomic E-state index is 13.2. The number of alkyl halides is 3. The number of aryl methyl sites for hydroxylation is 1. The maximum Gasteiger partial charge on any atom is 0.434 e. The smallest absolute Gasteiger partial charge is 0.434 e. The van der Waals surface area contributed by atoms with E-state index in [0.717, 1.165) is 5.56 Å². The van der Waals surface area contributed by atoms with Crippen molar-refractivity contribution in [2.24, 2.45) is 0 Å². The lowest BCUT2D eigenvalue weighted by atomic mass is 9.98. The van der Waals surface area contributed by atoms with Crippen molar-refractivity contribution in [3.05, 3.63) is 57.3 Å². The molecule has 0 saturated heterocycles. The van der Waals surface area contributed by atoms with Crippen molar-refractivity contribution < 1.29 is 27.8 Å². The van der Waals surface area contributed by atoms with Gasteiger partial charge in [-0.1, -0.05) is 12.1 Å². The number of phenols is 1. The second-order valence-electron chi connectivity index (χ2n) is 7.25. The van der Waals surface area contributed by atoms with Crippen LogP contribution in [0.4, 0.5) is 13.2 Å². The molecular formula is C22H23F3N2O3. The molecule has 5 nitrogen and oxygen atoms in total. The third-order valence-corrected chi connectivity index (χ3v) is 5.51. The van der Waals surface area contributed by atoms with Crippen LogP contribution in [0.5, 0.6) is 11.6 Å². The summed E-state index contributed by atoms with van der Waals surface area (Å²) in [5.74, 6) is -0.0966. The van der Waals surface area contributed by atoms with Gasteiger partial charge in [-0.25, -0.2) is 4.98 Å². The molecule has 2 aliphatic rings. The quantitative estimate of drug-likeness (QED) is 0.731. The lowest BCUT2D eigenvalue weighted by Gasteiger charge is -2.15. The van der Waals surface area contributed by atoms with Crippen LogP contribution in [0, 0.1) is 20.8 Å². The van der Waals surface area contributed by atoms with Gasteiger partial charge in [0.25, 0.3) is 5.91 Å². The Hall–Kier alpha value is -3.03. The van der Waals surface area contributed by atoms with Crippen molar-refractivity contribution in [3.8, 4) is 11.6 Å². The average Bonchev–Trinajstić information content (AvgIpc) is 3.34. The third-order valence-electron chi connectivity index (χ3n) is 5.51. The van der Waals surface area contributed by atoms with Gasteiger partial charge in [-0.2, -0.15) is 13.2 Å². The summed E-state index contributed by atoms with van der Waals surface area (Å²) in [6.45, 7) is 6.31. The molecule has 1 amide bonds. The number of aromatic nitrogens is 1. The summed E-state index contributed by atoms with van der Waals surface area (Å²) in [7, 11) is 1.39. The molecule has 0 saturated carbocycles. The van der Waals surface area contributed by atoms with E-state index in [9.17, 15) is 23.1 Å². The van der Waals surface area contributed by atoms with E-state index >= 15 is 0 Å². The number of pyridine rings is 1. The van der Waals surface area contributed by atoms with E-state index in [-0.39, 0.29) is 17.0 Å². The van der Waals surface area contributed by atoms with Gasteiger partial charge in [-0.15, -0.1) is 0 Å². The van der Waals surface area contributed by atoms with Crippen molar-refractivity contribution >= 4 is 11.5 Å². The minimum atomic E-state index is -4.62. The molecule has 0 bridgehead atoms. The van der Waals surface area contributed by atoms with Crippen LogP contribution in [0.15, 0.2) is 18.2 Å². The highest BCUT2D eigenvalue weighted by atomic mass is 19.4. The molecule has 0 unspecified atom stereocenters. The number of benzene rings is 1. The van der Waals surface area contributed by atoms with Crippen molar-refractivity contribution in [2.75, 3.05) is 13.7 Å². The second kappa shape index (κ2) is 8.01. The summed E-state index contributed by atoms with van der Waals surface area (Å²) in [4.78, 5) is 15.3. The molecule has 1 aliphatic carbocycles. The van der Waals surface area contributed by atoms with Crippen molar-refractivity contribution in [1.82, 2.24) is 10.3 Å². The van der Waals surface area contributed by atoms with E-state index in [1.54, 1.807) is 6.07 Å². The Morgan fingerprint density at radius 2 is 1.87 bits per heavy atom. The molecule has 0 radical (unpaired) electrons. The highest BCUT2D eigenvalue weighted by Gasteiger charge is 2.42. The van der Waals surface area contributed by atoms with E-state index in [2.05, 4.69) is 10.3 Å². The first-order valence-electron chi connectivity index (χ1n) is 9.50. The number of hydrogen-bond donors (Lipinski definition) is 2.